The average Bonchev–Trinajstić information content (AvgIpc) is 3.67. The second-order valence-corrected chi connectivity index (χ2v) is 11.3. The van der Waals surface area contributed by atoms with Crippen LogP contribution < -0.4 is 5.32 Å². The van der Waals surface area contributed by atoms with Gasteiger partial charge in [0.1, 0.15) is 11.5 Å². The van der Waals surface area contributed by atoms with E-state index in [0.29, 0.717) is 33.8 Å². The van der Waals surface area contributed by atoms with Crippen molar-refractivity contribution in [3.8, 4) is 11.3 Å². The number of amides is 2. The van der Waals surface area contributed by atoms with Gasteiger partial charge in [-0.3, -0.25) is 4.98 Å². The van der Waals surface area contributed by atoms with Crippen LogP contribution in [0.1, 0.15) is 49.3 Å². The number of nitrogens with one attached hydrogen (secondary N) is 1. The number of benzene rings is 2. The smallest absolute Gasteiger partial charge is 0.322 e. The number of carbonyl (C=O) groups excluding carboxylic acids is 1. The summed E-state index contributed by atoms with van der Waals surface area (Å²) in [7, 11) is 0. The van der Waals surface area contributed by atoms with Gasteiger partial charge in [-0.05, 0) is 68.5 Å². The van der Waals surface area contributed by atoms with Crippen molar-refractivity contribution in [3.63, 3.8) is 0 Å². The summed E-state index contributed by atoms with van der Waals surface area (Å²) in [5.41, 5.74) is 3.96. The van der Waals surface area contributed by atoms with E-state index < -0.39 is 0 Å². The molecule has 2 aromatic carbocycles. The molecule has 4 heterocycles. The fourth-order valence-electron chi connectivity index (χ4n) is 5.88. The molecule has 4 fully saturated rings. The third-order valence-electron chi connectivity index (χ3n) is 7.92. The molecule has 7 nitrogen and oxygen atoms in total. The zero-order valence-electron chi connectivity index (χ0n) is 20.6. The van der Waals surface area contributed by atoms with Gasteiger partial charge in [0, 0.05) is 46.4 Å². The predicted octanol–water partition coefficient (Wildman–Crippen LogP) is 7.43. The lowest BCUT2D eigenvalue weighted by atomic mass is 9.78. The van der Waals surface area contributed by atoms with Gasteiger partial charge < -0.3 is 19.5 Å². The molecule has 2 atom stereocenters. The largest absolute Gasteiger partial charge is 0.373 e. The van der Waals surface area contributed by atoms with Gasteiger partial charge in [0.2, 0.25) is 0 Å². The van der Waals surface area contributed by atoms with Crippen LogP contribution in [0.5, 0.6) is 0 Å². The third kappa shape index (κ3) is 4.32. The van der Waals surface area contributed by atoms with Crippen molar-refractivity contribution in [2.75, 3.05) is 5.32 Å². The van der Waals surface area contributed by atoms with Crippen LogP contribution in [-0.4, -0.2) is 39.3 Å². The lowest BCUT2D eigenvalue weighted by Gasteiger charge is -2.54. The maximum atomic E-state index is 13.1. The molecule has 4 aliphatic rings. The van der Waals surface area contributed by atoms with Crippen LogP contribution in [-0.2, 0) is 11.3 Å². The zero-order chi connectivity index (χ0) is 25.8. The first-order valence-electron chi connectivity index (χ1n) is 13.0. The summed E-state index contributed by atoms with van der Waals surface area (Å²) in [6.45, 7) is 0.383. The second-order valence-electron chi connectivity index (χ2n) is 10.4. The van der Waals surface area contributed by atoms with E-state index in [-0.39, 0.29) is 24.2 Å². The number of urea groups is 1. The average molecular weight is 549 g/mol. The number of rotatable bonds is 6. The molecule has 194 valence electrons. The molecule has 2 bridgehead atoms. The lowest BCUT2D eigenvalue weighted by Crippen LogP contribution is -2.65. The molecule has 4 aromatic rings. The molecule has 9 heteroatoms. The minimum atomic E-state index is -0.0568. The van der Waals surface area contributed by atoms with Crippen LogP contribution in [0.3, 0.4) is 0 Å². The number of anilines is 1. The Bertz CT molecular complexity index is 1500. The number of nitrogens with zero attached hydrogens (tertiary/aromatic N) is 3. The molecule has 2 saturated carbocycles. The van der Waals surface area contributed by atoms with Crippen LogP contribution in [0, 0.1) is 0 Å². The molecule has 2 saturated heterocycles. The molecule has 0 spiro atoms. The summed E-state index contributed by atoms with van der Waals surface area (Å²) in [6.07, 6.45) is 6.62. The fourth-order valence-corrected chi connectivity index (χ4v) is 6.46. The Kier molecular flexibility index (Phi) is 6.02. The highest BCUT2D eigenvalue weighted by molar-refractivity contribution is 6.39. The minimum absolute atomic E-state index is 0.0568. The van der Waals surface area contributed by atoms with Crippen molar-refractivity contribution in [2.45, 2.75) is 62.8 Å². The Hall–Kier alpha value is -3.13. The number of piperidine rings is 1. The number of carbonyl (C=O) groups is 1. The van der Waals surface area contributed by atoms with Crippen molar-refractivity contribution in [3.05, 3.63) is 76.1 Å². The Morgan fingerprint density at radius 1 is 1.05 bits per heavy atom. The molecular formula is C29H26Cl2N4O3. The van der Waals surface area contributed by atoms with Gasteiger partial charge in [-0.1, -0.05) is 40.5 Å². The molecule has 1 N–H and O–H groups in total. The molecule has 38 heavy (non-hydrogen) atoms. The van der Waals surface area contributed by atoms with E-state index >= 15 is 0 Å². The Labute approximate surface area is 230 Å². The van der Waals surface area contributed by atoms with E-state index in [9.17, 15) is 4.79 Å². The van der Waals surface area contributed by atoms with Crippen LogP contribution in [0.25, 0.3) is 22.2 Å². The van der Waals surface area contributed by atoms with Crippen molar-refractivity contribution in [2.24, 2.45) is 0 Å². The van der Waals surface area contributed by atoms with Crippen LogP contribution in [0.2, 0.25) is 10.0 Å². The summed E-state index contributed by atoms with van der Waals surface area (Å²) in [4.78, 5) is 19.4. The summed E-state index contributed by atoms with van der Waals surface area (Å²) in [5.74, 6) is 1.25. The molecular weight excluding hydrogens is 523 g/mol. The maximum Gasteiger partial charge on any atom is 0.322 e. The summed E-state index contributed by atoms with van der Waals surface area (Å²) in [6, 6.07) is 15.4. The topological polar surface area (TPSA) is 80.5 Å². The minimum Gasteiger partial charge on any atom is -0.373 e. The van der Waals surface area contributed by atoms with Gasteiger partial charge in [0.15, 0.2) is 0 Å². The van der Waals surface area contributed by atoms with Crippen molar-refractivity contribution >= 4 is 45.8 Å². The first-order valence-corrected chi connectivity index (χ1v) is 13.8. The molecule has 8 rings (SSSR count). The van der Waals surface area contributed by atoms with Gasteiger partial charge in [0.25, 0.3) is 0 Å². The highest BCUT2D eigenvalue weighted by atomic mass is 35.5. The number of fused-ring (bicyclic) bond motifs is 3. The van der Waals surface area contributed by atoms with E-state index in [2.05, 4.69) is 15.5 Å². The van der Waals surface area contributed by atoms with Crippen molar-refractivity contribution < 1.29 is 14.1 Å². The monoisotopic (exact) mass is 548 g/mol. The second kappa shape index (κ2) is 9.56. The van der Waals surface area contributed by atoms with Gasteiger partial charge >= 0.3 is 6.03 Å². The van der Waals surface area contributed by atoms with Gasteiger partial charge in [-0.2, -0.15) is 0 Å². The van der Waals surface area contributed by atoms with Crippen LogP contribution in [0.4, 0.5) is 10.5 Å². The summed E-state index contributed by atoms with van der Waals surface area (Å²) in [5, 5.41) is 9.51. The number of aromatic nitrogens is 2. The van der Waals surface area contributed by atoms with Gasteiger partial charge in [-0.25, -0.2) is 4.79 Å². The number of halogens is 2. The predicted molar refractivity (Wildman–Crippen MR) is 147 cm³/mol. The van der Waals surface area contributed by atoms with Crippen LogP contribution >= 0.6 is 23.2 Å². The van der Waals surface area contributed by atoms with E-state index in [0.717, 1.165) is 60.0 Å². The number of ether oxygens (including phenoxy) is 1. The van der Waals surface area contributed by atoms with Crippen LogP contribution in [0.15, 0.2) is 59.3 Å². The normalized spacial score (nSPS) is 22.4. The molecule has 2 aliphatic heterocycles. The first-order chi connectivity index (χ1) is 18.5. The van der Waals surface area contributed by atoms with E-state index in [1.54, 1.807) is 6.20 Å². The molecule has 2 aliphatic carbocycles. The van der Waals surface area contributed by atoms with E-state index in [4.69, 9.17) is 32.5 Å². The Morgan fingerprint density at radius 3 is 2.61 bits per heavy atom. The van der Waals surface area contributed by atoms with Gasteiger partial charge in [-0.15, -0.1) is 0 Å². The van der Waals surface area contributed by atoms with Crippen molar-refractivity contribution in [1.82, 2.24) is 15.0 Å². The number of pyridine rings is 1. The fraction of sp³-hybridized carbons (Fsp3) is 0.345. The first kappa shape index (κ1) is 23.9. The van der Waals surface area contributed by atoms with Crippen molar-refractivity contribution in [1.29, 1.82) is 0 Å². The highest BCUT2D eigenvalue weighted by Crippen LogP contribution is 2.47. The summed E-state index contributed by atoms with van der Waals surface area (Å²) < 4.78 is 12.2. The molecule has 2 amide bonds. The number of hydrogen-bond acceptors (Lipinski definition) is 5. The van der Waals surface area contributed by atoms with E-state index in [1.165, 1.54) is 0 Å². The quantitative estimate of drug-likeness (QED) is 0.271. The Balaban J connectivity index is 1.02. The van der Waals surface area contributed by atoms with E-state index in [1.807, 2.05) is 53.4 Å². The maximum absolute atomic E-state index is 13.1. The van der Waals surface area contributed by atoms with Gasteiger partial charge in [0.05, 0.1) is 28.3 Å². The Morgan fingerprint density at radius 2 is 1.84 bits per heavy atom. The summed E-state index contributed by atoms with van der Waals surface area (Å²) >= 11 is 13.0. The molecule has 2 aromatic heterocycles. The lowest BCUT2D eigenvalue weighted by molar-refractivity contribution is -0.0837. The third-order valence-corrected chi connectivity index (χ3v) is 8.55. The highest BCUT2D eigenvalue weighted by Gasteiger charge is 2.48. The SMILES string of the molecule is O=C(Nc1ccc2ncccc2c1)N1C2CC(OCc3c(-c4c(Cl)cccc4Cl)noc3C3CC3)CC1C2. The standard InChI is InChI=1S/C29H26Cl2N4O3/c30-23-4-1-5-24(31)26(23)27-22(28(38-34-27)16-6-7-16)15-37-21-13-19-12-20(14-21)35(19)29(36)33-18-8-9-25-17(11-18)3-2-10-32-25/h1-5,8-11,16,19-21H,6-7,12-15H2,(H,33,36). The zero-order valence-corrected chi connectivity index (χ0v) is 22.1. The molecule has 0 radical (unpaired) electrons. The number of hydrogen-bond donors (Lipinski definition) is 1. The molecule has 2 unspecified atom stereocenters.